The maximum atomic E-state index is 12.6. The van der Waals surface area contributed by atoms with E-state index in [2.05, 4.69) is 20.1 Å². The monoisotopic (exact) mass is 466 g/mol. The number of alkyl halides is 3. The van der Waals surface area contributed by atoms with Gasteiger partial charge in [0.15, 0.2) is 5.82 Å². The van der Waals surface area contributed by atoms with Gasteiger partial charge in [0.05, 0.1) is 15.1 Å². The van der Waals surface area contributed by atoms with Crippen LogP contribution in [-0.4, -0.2) is 29.5 Å². The molecule has 2 heterocycles. The molecule has 1 atom stereocenters. The summed E-state index contributed by atoms with van der Waals surface area (Å²) in [6.45, 7) is 0.0387. The van der Waals surface area contributed by atoms with Gasteiger partial charge in [0, 0.05) is 25.4 Å². The van der Waals surface area contributed by atoms with Crippen LogP contribution in [0.5, 0.6) is 5.75 Å². The first-order valence-corrected chi connectivity index (χ1v) is 9.22. The lowest BCUT2D eigenvalue weighted by molar-refractivity contribution is -0.274. The molecule has 0 saturated heterocycles. The van der Waals surface area contributed by atoms with E-state index in [0.29, 0.717) is 17.0 Å². The average molecular weight is 468 g/mol. The number of nitrogens with one attached hydrogen (secondary N) is 1. The molecular weight excluding hydrogens is 456 g/mol. The molecule has 1 N–H and O–H groups in total. The molecule has 1 aliphatic heterocycles. The van der Waals surface area contributed by atoms with Crippen LogP contribution >= 0.6 is 34.8 Å². The number of hydrogen-bond donors (Lipinski definition) is 1. The molecular formula is C17H12Cl3F3N4O2. The Labute approximate surface area is 178 Å². The molecule has 12 heteroatoms. The van der Waals surface area contributed by atoms with Gasteiger partial charge in [-0.15, -0.1) is 13.2 Å². The highest BCUT2D eigenvalue weighted by molar-refractivity contribution is 6.36. The Bertz CT molecular complexity index is 956. The number of pyridine rings is 1. The number of halogens is 6. The van der Waals surface area contributed by atoms with Gasteiger partial charge in [-0.2, -0.15) is 5.10 Å². The number of hydrogen-bond acceptors (Lipinski definition) is 5. The molecule has 1 amide bonds. The van der Waals surface area contributed by atoms with Crippen LogP contribution in [0.3, 0.4) is 0 Å². The van der Waals surface area contributed by atoms with Crippen molar-refractivity contribution in [3.8, 4) is 5.75 Å². The van der Waals surface area contributed by atoms with Crippen LogP contribution in [0.2, 0.25) is 15.1 Å². The van der Waals surface area contributed by atoms with Gasteiger partial charge in [-0.1, -0.05) is 40.9 Å². The number of nitrogens with zero attached hydrogens (tertiary/aromatic N) is 3. The fourth-order valence-corrected chi connectivity index (χ4v) is 3.29. The van der Waals surface area contributed by atoms with Crippen molar-refractivity contribution in [2.75, 3.05) is 5.01 Å². The zero-order valence-electron chi connectivity index (χ0n) is 14.4. The molecule has 0 bridgehead atoms. The summed E-state index contributed by atoms with van der Waals surface area (Å²) < 4.78 is 40.7. The molecule has 1 aliphatic rings. The predicted octanol–water partition coefficient (Wildman–Crippen LogP) is 4.82. The number of carbonyl (C=O) groups excluding carboxylic acids is 1. The Morgan fingerprint density at radius 1 is 1.24 bits per heavy atom. The molecule has 1 aromatic carbocycles. The average Bonchev–Trinajstić information content (AvgIpc) is 3.10. The van der Waals surface area contributed by atoms with Crippen molar-refractivity contribution in [1.29, 1.82) is 0 Å². The number of aromatic nitrogens is 1. The molecule has 1 aromatic heterocycles. The van der Waals surface area contributed by atoms with E-state index in [1.54, 1.807) is 6.21 Å². The highest BCUT2D eigenvalue weighted by atomic mass is 35.5. The van der Waals surface area contributed by atoms with E-state index in [9.17, 15) is 18.0 Å². The number of benzene rings is 1. The van der Waals surface area contributed by atoms with Gasteiger partial charge in [0.2, 0.25) is 5.91 Å². The van der Waals surface area contributed by atoms with Crippen molar-refractivity contribution >= 4 is 52.7 Å². The Hall–Kier alpha value is -2.23. The van der Waals surface area contributed by atoms with Crippen molar-refractivity contribution < 1.29 is 22.7 Å². The van der Waals surface area contributed by atoms with Crippen molar-refractivity contribution in [3.63, 3.8) is 0 Å². The van der Waals surface area contributed by atoms with E-state index in [4.69, 9.17) is 34.8 Å². The Balaban J connectivity index is 1.65. The second-order valence-corrected chi connectivity index (χ2v) is 7.13. The van der Waals surface area contributed by atoms with Crippen LogP contribution in [0.25, 0.3) is 0 Å². The van der Waals surface area contributed by atoms with Crippen molar-refractivity contribution in [3.05, 3.63) is 51.1 Å². The SMILES string of the molecule is O=C(NCc1ccc(OC(F)(F)F)c(Cl)c1)C1CC=NN1c1ncc(Cl)cc1Cl. The summed E-state index contributed by atoms with van der Waals surface area (Å²) in [5.74, 6) is -0.614. The smallest absolute Gasteiger partial charge is 0.404 e. The Kier molecular flexibility index (Phi) is 6.40. The minimum Gasteiger partial charge on any atom is -0.404 e. The fraction of sp³-hybridized carbons (Fsp3) is 0.235. The first-order chi connectivity index (χ1) is 13.6. The summed E-state index contributed by atoms with van der Waals surface area (Å²) in [7, 11) is 0. The van der Waals surface area contributed by atoms with Crippen LogP contribution < -0.4 is 15.1 Å². The van der Waals surface area contributed by atoms with E-state index < -0.39 is 18.2 Å². The van der Waals surface area contributed by atoms with Crippen LogP contribution in [-0.2, 0) is 11.3 Å². The van der Waals surface area contributed by atoms with Crippen LogP contribution in [0, 0.1) is 0 Å². The largest absolute Gasteiger partial charge is 0.573 e. The van der Waals surface area contributed by atoms with Gasteiger partial charge >= 0.3 is 6.36 Å². The van der Waals surface area contributed by atoms with Crippen LogP contribution in [0.15, 0.2) is 35.6 Å². The van der Waals surface area contributed by atoms with Gasteiger partial charge in [0.1, 0.15) is 11.8 Å². The minimum atomic E-state index is -4.84. The standard InChI is InChI=1S/C17H12Cl3F3N4O2/c18-10-6-12(20)15(24-8-10)27-13(3-4-26-27)16(28)25-7-9-1-2-14(11(19)5-9)29-17(21,22)23/h1-2,4-6,8,13H,3,7H2,(H,25,28). The molecule has 0 radical (unpaired) electrons. The maximum Gasteiger partial charge on any atom is 0.573 e. The molecule has 154 valence electrons. The van der Waals surface area contributed by atoms with Crippen LogP contribution in [0.1, 0.15) is 12.0 Å². The fourth-order valence-electron chi connectivity index (χ4n) is 2.58. The Morgan fingerprint density at radius 3 is 2.66 bits per heavy atom. The molecule has 0 saturated carbocycles. The zero-order chi connectivity index (χ0) is 21.2. The van der Waals surface area contributed by atoms with Crippen LogP contribution in [0.4, 0.5) is 19.0 Å². The quantitative estimate of drug-likeness (QED) is 0.685. The summed E-state index contributed by atoms with van der Waals surface area (Å²) in [5, 5.41) is 8.55. The van der Waals surface area contributed by atoms with Crippen molar-refractivity contribution in [1.82, 2.24) is 10.3 Å². The van der Waals surface area contributed by atoms with Gasteiger partial charge in [-0.25, -0.2) is 9.99 Å². The molecule has 2 aromatic rings. The lowest BCUT2D eigenvalue weighted by Crippen LogP contribution is -2.42. The molecule has 1 unspecified atom stereocenters. The Morgan fingerprint density at radius 2 is 2.00 bits per heavy atom. The molecule has 3 rings (SSSR count). The van der Waals surface area contributed by atoms with Gasteiger partial charge in [-0.3, -0.25) is 4.79 Å². The highest BCUT2D eigenvalue weighted by Crippen LogP contribution is 2.31. The van der Waals surface area contributed by atoms with E-state index in [1.807, 2.05) is 0 Å². The molecule has 0 aliphatic carbocycles. The molecule has 6 nitrogen and oxygen atoms in total. The molecule has 29 heavy (non-hydrogen) atoms. The zero-order valence-corrected chi connectivity index (χ0v) is 16.6. The van der Waals surface area contributed by atoms with E-state index in [0.717, 1.165) is 6.07 Å². The first kappa shape index (κ1) is 21.5. The highest BCUT2D eigenvalue weighted by Gasteiger charge is 2.33. The topological polar surface area (TPSA) is 66.8 Å². The third-order valence-electron chi connectivity index (χ3n) is 3.83. The van der Waals surface area contributed by atoms with Gasteiger partial charge in [-0.05, 0) is 23.8 Å². The number of anilines is 1. The van der Waals surface area contributed by atoms with E-state index in [-0.39, 0.29) is 28.3 Å². The summed E-state index contributed by atoms with van der Waals surface area (Å²) >= 11 is 17.8. The summed E-state index contributed by atoms with van der Waals surface area (Å²) in [6.07, 6.45) is -1.58. The predicted molar refractivity (Wildman–Crippen MR) is 104 cm³/mol. The lowest BCUT2D eigenvalue weighted by Gasteiger charge is -2.23. The lowest BCUT2D eigenvalue weighted by atomic mass is 10.2. The third kappa shape index (κ3) is 5.43. The van der Waals surface area contributed by atoms with Crippen molar-refractivity contribution in [2.45, 2.75) is 25.4 Å². The molecule has 0 fully saturated rings. The summed E-state index contributed by atoms with van der Waals surface area (Å²) in [4.78, 5) is 16.7. The number of rotatable bonds is 5. The number of ether oxygens (including phenoxy) is 1. The van der Waals surface area contributed by atoms with E-state index >= 15 is 0 Å². The van der Waals surface area contributed by atoms with Crippen molar-refractivity contribution in [2.24, 2.45) is 5.10 Å². The minimum absolute atomic E-state index is 0.0387. The normalized spacial score (nSPS) is 16.2. The molecule has 0 spiro atoms. The summed E-state index contributed by atoms with van der Waals surface area (Å²) in [6, 6.07) is 4.53. The maximum absolute atomic E-state index is 12.6. The second-order valence-electron chi connectivity index (χ2n) is 5.88. The second kappa shape index (κ2) is 8.64. The number of carbonyl (C=O) groups is 1. The van der Waals surface area contributed by atoms with E-state index in [1.165, 1.54) is 29.4 Å². The summed E-state index contributed by atoms with van der Waals surface area (Å²) in [5.41, 5.74) is 0.492. The van der Waals surface area contributed by atoms with Gasteiger partial charge < -0.3 is 10.1 Å². The van der Waals surface area contributed by atoms with Gasteiger partial charge in [0.25, 0.3) is 0 Å². The number of hydrazone groups is 1. The number of amides is 1. The third-order valence-corrected chi connectivity index (χ3v) is 4.61. The first-order valence-electron chi connectivity index (χ1n) is 8.08.